The van der Waals surface area contributed by atoms with E-state index >= 15 is 0 Å². The van der Waals surface area contributed by atoms with Crippen LogP contribution in [0.4, 0.5) is 8.78 Å². The fourth-order valence-corrected chi connectivity index (χ4v) is 3.55. The van der Waals surface area contributed by atoms with Gasteiger partial charge in [-0.2, -0.15) is 23.7 Å². The predicted molar refractivity (Wildman–Crippen MR) is 119 cm³/mol. The molecule has 0 spiro atoms. The van der Waals surface area contributed by atoms with Crippen LogP contribution in [0.5, 0.6) is 5.75 Å². The van der Waals surface area contributed by atoms with Crippen molar-refractivity contribution in [1.82, 2.24) is 19.6 Å². The van der Waals surface area contributed by atoms with E-state index in [-0.39, 0.29) is 22.8 Å². The van der Waals surface area contributed by atoms with E-state index in [0.29, 0.717) is 17.1 Å². The van der Waals surface area contributed by atoms with Gasteiger partial charge in [-0.15, -0.1) is 0 Å². The van der Waals surface area contributed by atoms with Crippen LogP contribution in [0.1, 0.15) is 12.8 Å². The van der Waals surface area contributed by atoms with E-state index in [0.717, 1.165) is 18.4 Å². The monoisotopic (exact) mass is 464 g/mol. The normalized spacial score (nSPS) is 15.2. The number of rotatable bonds is 6. The molecule has 10 heteroatoms. The van der Waals surface area contributed by atoms with Crippen LogP contribution in [-0.4, -0.2) is 26.2 Å². The molecule has 5 rings (SSSR count). The first-order valence-electron chi connectivity index (χ1n) is 10.4. The van der Waals surface area contributed by atoms with Crippen molar-refractivity contribution >= 4 is 5.88 Å². The third-order valence-corrected chi connectivity index (χ3v) is 5.10. The van der Waals surface area contributed by atoms with E-state index in [4.69, 9.17) is 9.47 Å². The maximum absolute atomic E-state index is 12.7. The number of hydrogen-bond donors (Lipinski definition) is 0. The molecule has 1 aromatic carbocycles. The van der Waals surface area contributed by atoms with Crippen LogP contribution in [-0.2, 0) is 9.47 Å². The summed E-state index contributed by atoms with van der Waals surface area (Å²) in [5.74, 6) is 0.790. The summed E-state index contributed by atoms with van der Waals surface area (Å²) in [5.41, 5.74) is 1.51. The molecule has 0 amide bonds. The fraction of sp³-hybridized carbons (Fsp3) is 0.125. The lowest BCUT2D eigenvalue weighted by molar-refractivity contribution is -0.0498. The summed E-state index contributed by atoms with van der Waals surface area (Å²) >= 11 is 0. The summed E-state index contributed by atoms with van der Waals surface area (Å²) in [6, 6.07) is 8.96. The highest BCUT2D eigenvalue weighted by atomic mass is 19.3. The molecule has 0 unspecified atom stereocenters. The van der Waals surface area contributed by atoms with Crippen molar-refractivity contribution in [2.24, 2.45) is 0 Å². The van der Waals surface area contributed by atoms with E-state index in [2.05, 4.69) is 21.0 Å². The van der Waals surface area contributed by atoms with Crippen molar-refractivity contribution in [3.8, 4) is 22.8 Å². The molecule has 0 atom stereocenters. The molecule has 2 aliphatic rings. The Morgan fingerprint density at radius 2 is 2.06 bits per heavy atom. The Morgan fingerprint density at radius 1 is 1.15 bits per heavy atom. The average Bonchev–Trinajstić information content (AvgIpc) is 3.35. The van der Waals surface area contributed by atoms with Gasteiger partial charge in [-0.1, -0.05) is 24.3 Å². The maximum atomic E-state index is 12.7. The first-order chi connectivity index (χ1) is 16.6. The summed E-state index contributed by atoms with van der Waals surface area (Å²) < 4.78 is 43.9. The van der Waals surface area contributed by atoms with Crippen LogP contribution in [0, 0.1) is 0 Å². The fourth-order valence-electron chi connectivity index (χ4n) is 3.55. The molecule has 3 aromatic rings. The Bertz CT molecular complexity index is 1400. The van der Waals surface area contributed by atoms with Gasteiger partial charge in [0.2, 0.25) is 5.43 Å². The highest BCUT2D eigenvalue weighted by Crippen LogP contribution is 2.29. The van der Waals surface area contributed by atoms with Crippen LogP contribution in [0.3, 0.4) is 0 Å². The molecule has 0 saturated heterocycles. The number of nitrogens with zero attached hydrogens (tertiary/aromatic N) is 4. The number of aromatic nitrogens is 4. The smallest absolute Gasteiger partial charge is 0.387 e. The van der Waals surface area contributed by atoms with Crippen LogP contribution >= 0.6 is 0 Å². The van der Waals surface area contributed by atoms with Crippen LogP contribution in [0.2, 0.25) is 0 Å². The van der Waals surface area contributed by atoms with E-state index in [1.165, 1.54) is 52.5 Å². The van der Waals surface area contributed by atoms with Gasteiger partial charge in [-0.3, -0.25) is 4.79 Å². The summed E-state index contributed by atoms with van der Waals surface area (Å²) in [7, 11) is 0. The first kappa shape index (κ1) is 21.4. The Morgan fingerprint density at radius 3 is 2.88 bits per heavy atom. The molecule has 0 bridgehead atoms. The zero-order valence-electron chi connectivity index (χ0n) is 17.7. The lowest BCUT2D eigenvalue weighted by atomic mass is 10.0. The topological polar surface area (TPSA) is 80.4 Å². The minimum atomic E-state index is -2.95. The molecule has 1 aliphatic heterocycles. The van der Waals surface area contributed by atoms with E-state index in [1.54, 1.807) is 18.2 Å². The van der Waals surface area contributed by atoms with Crippen molar-refractivity contribution in [3.05, 3.63) is 101 Å². The lowest BCUT2D eigenvalue weighted by Crippen LogP contribution is -2.16. The third-order valence-electron chi connectivity index (χ3n) is 5.10. The Hall–Kier alpha value is -4.47. The molecule has 0 radical (unpaired) electrons. The quantitative estimate of drug-likeness (QED) is 0.530. The molecule has 0 N–H and O–H groups in total. The van der Waals surface area contributed by atoms with Crippen molar-refractivity contribution in [2.75, 3.05) is 0 Å². The number of ether oxygens (including phenoxy) is 3. The van der Waals surface area contributed by atoms with Gasteiger partial charge in [-0.05, 0) is 36.6 Å². The van der Waals surface area contributed by atoms with Gasteiger partial charge in [0.15, 0.2) is 17.7 Å². The minimum absolute atomic E-state index is 0.0244. The predicted octanol–water partition coefficient (Wildman–Crippen LogP) is 4.62. The summed E-state index contributed by atoms with van der Waals surface area (Å²) in [6.45, 7) is -2.95. The number of halogens is 2. The molecular weight excluding hydrogens is 446 g/mol. The van der Waals surface area contributed by atoms with Crippen LogP contribution in [0.25, 0.3) is 23.0 Å². The molecular formula is C24H18F2N4O4. The second-order valence-corrected chi connectivity index (χ2v) is 7.31. The van der Waals surface area contributed by atoms with Gasteiger partial charge < -0.3 is 14.2 Å². The third kappa shape index (κ3) is 4.38. The SMILES string of the molecule is O=c1ccn(-c2cccc(OC(F)F)c2)nc1-c1ccnn1C1=COC=C(C2=CC=CCC2)O1. The van der Waals surface area contributed by atoms with Gasteiger partial charge in [0.05, 0.1) is 11.9 Å². The highest BCUT2D eigenvalue weighted by Gasteiger charge is 2.21. The zero-order valence-corrected chi connectivity index (χ0v) is 17.7. The summed E-state index contributed by atoms with van der Waals surface area (Å²) in [6.07, 6.45) is 13.5. The van der Waals surface area contributed by atoms with E-state index in [9.17, 15) is 13.6 Å². The van der Waals surface area contributed by atoms with Gasteiger partial charge >= 0.3 is 6.61 Å². The number of alkyl halides is 2. The van der Waals surface area contributed by atoms with Crippen LogP contribution in [0.15, 0.2) is 95.7 Å². The van der Waals surface area contributed by atoms with Gasteiger partial charge in [0, 0.05) is 18.3 Å². The molecule has 3 heterocycles. The summed E-state index contributed by atoms with van der Waals surface area (Å²) in [5, 5.41) is 8.69. The van der Waals surface area contributed by atoms with Crippen LogP contribution < -0.4 is 10.2 Å². The van der Waals surface area contributed by atoms with Gasteiger partial charge in [-0.25, -0.2) is 4.68 Å². The molecule has 34 heavy (non-hydrogen) atoms. The Labute approximate surface area is 192 Å². The molecule has 8 nitrogen and oxygen atoms in total. The number of hydrogen-bond acceptors (Lipinski definition) is 6. The second-order valence-electron chi connectivity index (χ2n) is 7.31. The second kappa shape index (κ2) is 9.18. The molecule has 1 aliphatic carbocycles. The van der Waals surface area contributed by atoms with Gasteiger partial charge in [0.25, 0.3) is 5.88 Å². The largest absolute Gasteiger partial charge is 0.463 e. The molecule has 0 saturated carbocycles. The highest BCUT2D eigenvalue weighted by molar-refractivity contribution is 5.60. The van der Waals surface area contributed by atoms with Crippen molar-refractivity contribution in [2.45, 2.75) is 19.5 Å². The number of benzene rings is 1. The van der Waals surface area contributed by atoms with Crippen molar-refractivity contribution < 1.29 is 23.0 Å². The Kier molecular flexibility index (Phi) is 5.77. The Balaban J connectivity index is 1.47. The standard InChI is InChI=1S/C24H18F2N4O4/c25-24(26)33-18-8-4-7-17(13-18)29-12-10-20(31)23(28-29)19-9-11-27-30(19)22-15-32-14-21(34-22)16-5-2-1-3-6-16/h1-2,4-5,7-15,24H,3,6H2. The minimum Gasteiger partial charge on any atom is -0.463 e. The molecule has 0 fully saturated rings. The first-order valence-corrected chi connectivity index (χ1v) is 10.4. The zero-order chi connectivity index (χ0) is 23.5. The summed E-state index contributed by atoms with van der Waals surface area (Å²) in [4.78, 5) is 12.7. The van der Waals surface area contributed by atoms with Gasteiger partial charge in [0.1, 0.15) is 17.7 Å². The molecule has 172 valence electrons. The average molecular weight is 464 g/mol. The van der Waals surface area contributed by atoms with E-state index < -0.39 is 6.61 Å². The lowest BCUT2D eigenvalue weighted by Gasteiger charge is -2.20. The van der Waals surface area contributed by atoms with Crippen molar-refractivity contribution in [3.63, 3.8) is 0 Å². The van der Waals surface area contributed by atoms with Crippen molar-refractivity contribution in [1.29, 1.82) is 0 Å². The van der Waals surface area contributed by atoms with E-state index in [1.807, 2.05) is 12.2 Å². The molecule has 2 aromatic heterocycles. The number of allylic oxidation sites excluding steroid dienone is 4. The maximum Gasteiger partial charge on any atom is 0.387 e.